The summed E-state index contributed by atoms with van der Waals surface area (Å²) >= 11 is 0. The molecular weight excluding hydrogens is 290 g/mol. The van der Waals surface area contributed by atoms with Gasteiger partial charge in [0.15, 0.2) is 9.84 Å². The first kappa shape index (κ1) is 15.9. The number of hydrogen-bond donors (Lipinski definition) is 1. The summed E-state index contributed by atoms with van der Waals surface area (Å²) in [6.45, 7) is 0.355. The summed E-state index contributed by atoms with van der Waals surface area (Å²) < 4.78 is 49.2. The summed E-state index contributed by atoms with van der Waals surface area (Å²) in [6, 6.07) is 6.07. The maximum atomic E-state index is 11.2. The molecule has 8 heteroatoms. The van der Waals surface area contributed by atoms with Gasteiger partial charge in [-0.25, -0.2) is 22.0 Å². The van der Waals surface area contributed by atoms with Crippen LogP contribution in [0.4, 0.5) is 0 Å². The molecule has 0 spiro atoms. The van der Waals surface area contributed by atoms with Gasteiger partial charge in [-0.3, -0.25) is 0 Å². The van der Waals surface area contributed by atoms with Crippen LogP contribution in [0.3, 0.4) is 0 Å². The number of benzene rings is 1. The van der Waals surface area contributed by atoms with Gasteiger partial charge in [0.1, 0.15) is 5.75 Å². The van der Waals surface area contributed by atoms with Crippen molar-refractivity contribution in [2.45, 2.75) is 17.7 Å². The second-order valence-electron chi connectivity index (χ2n) is 4.17. The Morgan fingerprint density at radius 1 is 1.05 bits per heavy atom. The molecule has 0 radical (unpaired) electrons. The molecule has 0 heterocycles. The van der Waals surface area contributed by atoms with E-state index in [-0.39, 0.29) is 10.6 Å². The molecule has 0 aliphatic heterocycles. The monoisotopic (exact) mass is 307 g/mol. The molecule has 0 amide bonds. The lowest BCUT2D eigenvalue weighted by Crippen LogP contribution is -2.16. The first-order valence-electron chi connectivity index (χ1n) is 5.62. The van der Waals surface area contributed by atoms with Crippen LogP contribution in [0, 0.1) is 0 Å². The van der Waals surface area contributed by atoms with Crippen molar-refractivity contribution >= 4 is 19.9 Å². The fraction of sp³-hybridized carbons (Fsp3) is 0.455. The molecule has 1 rings (SSSR count). The highest BCUT2D eigenvalue weighted by molar-refractivity contribution is 7.90. The normalized spacial score (nSPS) is 12.3. The van der Waals surface area contributed by atoms with E-state index in [4.69, 9.17) is 9.88 Å². The molecule has 2 N–H and O–H groups in total. The lowest BCUT2D eigenvalue weighted by molar-refractivity contribution is 0.309. The van der Waals surface area contributed by atoms with E-state index in [2.05, 4.69) is 0 Å². The van der Waals surface area contributed by atoms with E-state index in [1.165, 1.54) is 12.1 Å². The largest absolute Gasteiger partial charge is 0.494 e. The standard InChI is InChI=1S/C11H17NO5S2/c1-18(13,14)11-6-4-10(5-7-11)17-8-2-3-9-19(12,15)16/h4-7H,2-3,8-9H2,1H3,(H2,12,15,16). The number of hydrogen-bond acceptors (Lipinski definition) is 5. The minimum Gasteiger partial charge on any atom is -0.494 e. The maximum absolute atomic E-state index is 11.2. The van der Waals surface area contributed by atoms with Crippen LogP contribution >= 0.6 is 0 Å². The Morgan fingerprint density at radius 3 is 2.11 bits per heavy atom. The zero-order valence-corrected chi connectivity index (χ0v) is 12.2. The van der Waals surface area contributed by atoms with E-state index >= 15 is 0 Å². The van der Waals surface area contributed by atoms with Gasteiger partial charge < -0.3 is 4.74 Å². The first-order valence-corrected chi connectivity index (χ1v) is 9.22. The molecule has 0 bridgehead atoms. The predicted octanol–water partition coefficient (Wildman–Crippen LogP) is 0.538. The van der Waals surface area contributed by atoms with E-state index in [1.807, 2.05) is 0 Å². The van der Waals surface area contributed by atoms with E-state index in [0.717, 1.165) is 6.26 Å². The van der Waals surface area contributed by atoms with E-state index in [1.54, 1.807) is 12.1 Å². The highest BCUT2D eigenvalue weighted by Gasteiger charge is 2.06. The molecule has 0 saturated heterocycles. The Morgan fingerprint density at radius 2 is 1.63 bits per heavy atom. The van der Waals surface area contributed by atoms with E-state index < -0.39 is 19.9 Å². The quantitative estimate of drug-likeness (QED) is 0.740. The minimum atomic E-state index is -3.41. The molecule has 0 unspecified atom stereocenters. The van der Waals surface area contributed by atoms with Gasteiger partial charge >= 0.3 is 0 Å². The van der Waals surface area contributed by atoms with Crippen molar-refractivity contribution in [1.29, 1.82) is 0 Å². The Balaban J connectivity index is 2.39. The van der Waals surface area contributed by atoms with Crippen molar-refractivity contribution in [3.8, 4) is 5.75 Å². The molecule has 0 aromatic heterocycles. The van der Waals surface area contributed by atoms with Gasteiger partial charge in [-0.1, -0.05) is 0 Å². The van der Waals surface area contributed by atoms with Crippen LogP contribution < -0.4 is 9.88 Å². The summed E-state index contributed by atoms with van der Waals surface area (Å²) in [5.41, 5.74) is 0. The zero-order chi connectivity index (χ0) is 14.5. The number of ether oxygens (including phenoxy) is 1. The molecular formula is C11H17NO5S2. The van der Waals surface area contributed by atoms with Gasteiger partial charge in [0.2, 0.25) is 10.0 Å². The average Bonchev–Trinajstić information content (AvgIpc) is 2.26. The molecule has 0 fully saturated rings. The van der Waals surface area contributed by atoms with Gasteiger partial charge in [0.05, 0.1) is 17.3 Å². The lowest BCUT2D eigenvalue weighted by atomic mass is 10.3. The van der Waals surface area contributed by atoms with Crippen LogP contribution in [-0.2, 0) is 19.9 Å². The highest BCUT2D eigenvalue weighted by Crippen LogP contribution is 2.16. The van der Waals surface area contributed by atoms with Gasteiger partial charge in [-0.05, 0) is 37.1 Å². The number of primary sulfonamides is 1. The van der Waals surface area contributed by atoms with Gasteiger partial charge in [-0.2, -0.15) is 0 Å². The molecule has 0 saturated carbocycles. The Hall–Kier alpha value is -1.12. The fourth-order valence-electron chi connectivity index (χ4n) is 1.38. The third-order valence-electron chi connectivity index (χ3n) is 2.34. The number of sulfone groups is 1. The van der Waals surface area contributed by atoms with E-state index in [9.17, 15) is 16.8 Å². The van der Waals surface area contributed by atoms with Crippen molar-refractivity contribution in [1.82, 2.24) is 0 Å². The van der Waals surface area contributed by atoms with Crippen LogP contribution in [0.2, 0.25) is 0 Å². The highest BCUT2D eigenvalue weighted by atomic mass is 32.2. The smallest absolute Gasteiger partial charge is 0.209 e. The Labute approximate surface area is 113 Å². The van der Waals surface area contributed by atoms with Gasteiger partial charge in [0, 0.05) is 6.26 Å². The second-order valence-corrected chi connectivity index (χ2v) is 7.92. The second kappa shape index (κ2) is 6.36. The summed E-state index contributed by atoms with van der Waals surface area (Å²) in [4.78, 5) is 0.231. The topological polar surface area (TPSA) is 104 Å². The number of sulfonamides is 1. The van der Waals surface area contributed by atoms with Crippen molar-refractivity contribution < 1.29 is 21.6 Å². The number of nitrogens with two attached hydrogens (primary N) is 1. The van der Waals surface area contributed by atoms with Crippen molar-refractivity contribution in [2.75, 3.05) is 18.6 Å². The molecule has 19 heavy (non-hydrogen) atoms. The molecule has 6 nitrogen and oxygen atoms in total. The summed E-state index contributed by atoms with van der Waals surface area (Å²) in [5, 5.41) is 4.86. The molecule has 108 valence electrons. The zero-order valence-electron chi connectivity index (χ0n) is 10.6. The SMILES string of the molecule is CS(=O)(=O)c1ccc(OCCCCS(N)(=O)=O)cc1. The molecule has 0 atom stereocenters. The van der Waals surface area contributed by atoms with Crippen LogP contribution in [0.25, 0.3) is 0 Å². The summed E-state index contributed by atoms with van der Waals surface area (Å²) in [7, 11) is -6.61. The number of rotatable bonds is 7. The van der Waals surface area contributed by atoms with Crippen molar-refractivity contribution in [3.05, 3.63) is 24.3 Å². The van der Waals surface area contributed by atoms with Crippen LogP contribution in [0.1, 0.15) is 12.8 Å². The van der Waals surface area contributed by atoms with E-state index in [0.29, 0.717) is 25.2 Å². The summed E-state index contributed by atoms with van der Waals surface area (Å²) in [5.74, 6) is 0.478. The average molecular weight is 307 g/mol. The fourth-order valence-corrected chi connectivity index (χ4v) is 2.62. The lowest BCUT2D eigenvalue weighted by Gasteiger charge is -2.06. The molecule has 0 aliphatic carbocycles. The number of unbranched alkanes of at least 4 members (excludes halogenated alkanes) is 1. The molecule has 0 aliphatic rings. The third-order valence-corrected chi connectivity index (χ3v) is 4.33. The molecule has 1 aromatic carbocycles. The minimum absolute atomic E-state index is 0.0661. The molecule has 1 aromatic rings. The Kier molecular flexibility index (Phi) is 5.33. The van der Waals surface area contributed by atoms with Crippen LogP contribution in [-0.4, -0.2) is 35.5 Å². The predicted molar refractivity (Wildman–Crippen MR) is 72.3 cm³/mol. The Bertz CT molecular complexity index is 605. The van der Waals surface area contributed by atoms with Gasteiger partial charge in [-0.15, -0.1) is 0 Å². The maximum Gasteiger partial charge on any atom is 0.209 e. The van der Waals surface area contributed by atoms with Crippen molar-refractivity contribution in [3.63, 3.8) is 0 Å². The van der Waals surface area contributed by atoms with Gasteiger partial charge in [0.25, 0.3) is 0 Å². The third kappa shape index (κ3) is 6.55. The van der Waals surface area contributed by atoms with Crippen LogP contribution in [0.15, 0.2) is 29.2 Å². The van der Waals surface area contributed by atoms with Crippen molar-refractivity contribution in [2.24, 2.45) is 5.14 Å². The van der Waals surface area contributed by atoms with Crippen LogP contribution in [0.5, 0.6) is 5.75 Å². The first-order chi connectivity index (χ1) is 8.68. The summed E-state index contributed by atoms with van der Waals surface area (Å²) in [6.07, 6.45) is 2.13.